The van der Waals surface area contributed by atoms with Gasteiger partial charge in [-0.15, -0.1) is 0 Å². The topological polar surface area (TPSA) is 32.3 Å². The van der Waals surface area contributed by atoms with Gasteiger partial charge in [0.1, 0.15) is 0 Å². The molecular weight excluding hydrogens is 258 g/mol. The zero-order valence-corrected chi connectivity index (χ0v) is 14.1. The molecule has 2 heteroatoms. The molecule has 0 spiro atoms. The van der Waals surface area contributed by atoms with Crippen molar-refractivity contribution in [3.63, 3.8) is 0 Å². The van der Waals surface area contributed by atoms with Crippen molar-refractivity contribution >= 4 is 0 Å². The summed E-state index contributed by atoms with van der Waals surface area (Å²) in [7, 11) is 0. The Bertz CT molecular complexity index is 461. The highest BCUT2D eigenvalue weighted by Crippen LogP contribution is 2.33. The molecule has 1 aliphatic rings. The molecule has 118 valence electrons. The highest BCUT2D eigenvalue weighted by atomic mass is 16.3. The molecule has 0 aliphatic heterocycles. The number of benzene rings is 1. The SMILES string of the molecule is CCC1CCC(O)(CNC(C)c2cc(C)ccc2C)CC1. The van der Waals surface area contributed by atoms with Gasteiger partial charge in [0, 0.05) is 12.6 Å². The summed E-state index contributed by atoms with van der Waals surface area (Å²) in [5, 5.41) is 14.3. The predicted octanol–water partition coefficient (Wildman–Crippen LogP) is 4.29. The summed E-state index contributed by atoms with van der Waals surface area (Å²) >= 11 is 0. The molecule has 1 atom stereocenters. The van der Waals surface area contributed by atoms with Crippen molar-refractivity contribution < 1.29 is 5.11 Å². The molecule has 1 aromatic carbocycles. The molecule has 0 saturated heterocycles. The van der Waals surface area contributed by atoms with E-state index in [1.165, 1.54) is 36.0 Å². The van der Waals surface area contributed by atoms with Crippen LogP contribution in [0, 0.1) is 19.8 Å². The third-order valence-corrected chi connectivity index (χ3v) is 5.25. The van der Waals surface area contributed by atoms with Crippen molar-refractivity contribution in [2.45, 2.75) is 71.4 Å². The minimum absolute atomic E-state index is 0.290. The van der Waals surface area contributed by atoms with Crippen molar-refractivity contribution in [1.29, 1.82) is 0 Å². The van der Waals surface area contributed by atoms with Gasteiger partial charge in [0.2, 0.25) is 0 Å². The largest absolute Gasteiger partial charge is 0.389 e. The van der Waals surface area contributed by atoms with Crippen molar-refractivity contribution in [3.8, 4) is 0 Å². The molecule has 21 heavy (non-hydrogen) atoms. The normalized spacial score (nSPS) is 27.6. The highest BCUT2D eigenvalue weighted by Gasteiger charge is 2.32. The minimum Gasteiger partial charge on any atom is -0.389 e. The Hall–Kier alpha value is -0.860. The first-order valence-corrected chi connectivity index (χ1v) is 8.46. The number of aliphatic hydroxyl groups is 1. The van der Waals surface area contributed by atoms with Crippen LogP contribution in [-0.4, -0.2) is 17.3 Å². The second-order valence-corrected chi connectivity index (χ2v) is 7.04. The molecule has 1 saturated carbocycles. The summed E-state index contributed by atoms with van der Waals surface area (Å²) in [6.07, 6.45) is 5.48. The van der Waals surface area contributed by atoms with Gasteiger partial charge in [0.05, 0.1) is 5.60 Å². The van der Waals surface area contributed by atoms with Crippen LogP contribution in [0.2, 0.25) is 0 Å². The molecular formula is C19H31NO. The zero-order valence-electron chi connectivity index (χ0n) is 14.1. The molecule has 1 unspecified atom stereocenters. The minimum atomic E-state index is -0.502. The molecule has 0 radical (unpaired) electrons. The Morgan fingerprint density at radius 2 is 1.95 bits per heavy atom. The molecule has 1 aromatic rings. The maximum atomic E-state index is 10.7. The number of rotatable bonds is 5. The number of aryl methyl sites for hydroxylation is 2. The van der Waals surface area contributed by atoms with Gasteiger partial charge < -0.3 is 10.4 Å². The summed E-state index contributed by atoms with van der Waals surface area (Å²) in [5.74, 6) is 0.821. The first kappa shape index (κ1) is 16.5. The maximum absolute atomic E-state index is 10.7. The van der Waals surface area contributed by atoms with E-state index in [4.69, 9.17) is 0 Å². The quantitative estimate of drug-likeness (QED) is 0.847. The van der Waals surface area contributed by atoms with Crippen LogP contribution >= 0.6 is 0 Å². The molecule has 0 heterocycles. The van der Waals surface area contributed by atoms with Gasteiger partial charge in [-0.05, 0) is 63.5 Å². The van der Waals surface area contributed by atoms with Crippen LogP contribution in [0.4, 0.5) is 0 Å². The molecule has 0 aromatic heterocycles. The molecule has 2 nitrogen and oxygen atoms in total. The fraction of sp³-hybridized carbons (Fsp3) is 0.684. The summed E-state index contributed by atoms with van der Waals surface area (Å²) in [6.45, 7) is 9.46. The summed E-state index contributed by atoms with van der Waals surface area (Å²) in [6, 6.07) is 6.89. The maximum Gasteiger partial charge on any atom is 0.0772 e. The van der Waals surface area contributed by atoms with Gasteiger partial charge in [-0.2, -0.15) is 0 Å². The summed E-state index contributed by atoms with van der Waals surface area (Å²) in [5.41, 5.74) is 3.46. The van der Waals surface area contributed by atoms with E-state index in [0.29, 0.717) is 6.54 Å². The van der Waals surface area contributed by atoms with E-state index in [0.717, 1.165) is 18.8 Å². The van der Waals surface area contributed by atoms with E-state index in [2.05, 4.69) is 51.2 Å². The Kier molecular flexibility index (Phi) is 5.45. The molecule has 2 rings (SSSR count). The standard InChI is InChI=1S/C19H31NO/c1-5-17-8-10-19(21,11-9-17)13-20-16(4)18-12-14(2)6-7-15(18)3/h6-7,12,16-17,20-21H,5,8-11,13H2,1-4H3. The first-order chi connectivity index (χ1) is 9.93. The third-order valence-electron chi connectivity index (χ3n) is 5.25. The van der Waals surface area contributed by atoms with Gasteiger partial charge in [0.15, 0.2) is 0 Å². The smallest absolute Gasteiger partial charge is 0.0772 e. The lowest BCUT2D eigenvalue weighted by molar-refractivity contribution is -0.0103. The van der Waals surface area contributed by atoms with Crippen LogP contribution < -0.4 is 5.32 Å². The second kappa shape index (κ2) is 6.93. The average Bonchev–Trinajstić information content (AvgIpc) is 2.48. The van der Waals surface area contributed by atoms with E-state index >= 15 is 0 Å². The zero-order chi connectivity index (χ0) is 15.5. The van der Waals surface area contributed by atoms with Crippen molar-refractivity contribution in [2.24, 2.45) is 5.92 Å². The highest BCUT2D eigenvalue weighted by molar-refractivity contribution is 5.32. The lowest BCUT2D eigenvalue weighted by Gasteiger charge is -2.37. The van der Waals surface area contributed by atoms with Crippen LogP contribution in [0.25, 0.3) is 0 Å². The van der Waals surface area contributed by atoms with E-state index in [-0.39, 0.29) is 6.04 Å². The van der Waals surface area contributed by atoms with Crippen LogP contribution in [0.1, 0.15) is 68.7 Å². The third kappa shape index (κ3) is 4.31. The van der Waals surface area contributed by atoms with Gasteiger partial charge in [-0.1, -0.05) is 37.1 Å². The summed E-state index contributed by atoms with van der Waals surface area (Å²) < 4.78 is 0. The molecule has 1 fully saturated rings. The Morgan fingerprint density at radius 1 is 1.29 bits per heavy atom. The molecule has 0 bridgehead atoms. The second-order valence-electron chi connectivity index (χ2n) is 7.04. The average molecular weight is 289 g/mol. The fourth-order valence-electron chi connectivity index (χ4n) is 3.48. The van der Waals surface area contributed by atoms with Gasteiger partial charge in [0.25, 0.3) is 0 Å². The van der Waals surface area contributed by atoms with Crippen molar-refractivity contribution in [2.75, 3.05) is 6.54 Å². The van der Waals surface area contributed by atoms with Crippen LogP contribution in [0.5, 0.6) is 0 Å². The van der Waals surface area contributed by atoms with Crippen LogP contribution in [0.15, 0.2) is 18.2 Å². The Morgan fingerprint density at radius 3 is 2.57 bits per heavy atom. The lowest BCUT2D eigenvalue weighted by Crippen LogP contribution is -2.44. The van der Waals surface area contributed by atoms with E-state index in [1.807, 2.05) is 0 Å². The first-order valence-electron chi connectivity index (χ1n) is 8.46. The van der Waals surface area contributed by atoms with Gasteiger partial charge >= 0.3 is 0 Å². The Labute approximate surface area is 130 Å². The molecule has 0 amide bonds. The number of hydrogen-bond donors (Lipinski definition) is 2. The van der Waals surface area contributed by atoms with Gasteiger partial charge in [-0.25, -0.2) is 0 Å². The Balaban J connectivity index is 1.92. The number of nitrogens with one attached hydrogen (secondary N) is 1. The van der Waals surface area contributed by atoms with Crippen molar-refractivity contribution in [1.82, 2.24) is 5.32 Å². The lowest BCUT2D eigenvalue weighted by atomic mass is 9.77. The fourth-order valence-corrected chi connectivity index (χ4v) is 3.48. The number of hydrogen-bond acceptors (Lipinski definition) is 2. The van der Waals surface area contributed by atoms with E-state index in [1.54, 1.807) is 0 Å². The summed E-state index contributed by atoms with van der Waals surface area (Å²) in [4.78, 5) is 0. The monoisotopic (exact) mass is 289 g/mol. The predicted molar refractivity (Wildman–Crippen MR) is 89.5 cm³/mol. The van der Waals surface area contributed by atoms with Crippen LogP contribution in [0.3, 0.4) is 0 Å². The molecule has 1 aliphatic carbocycles. The van der Waals surface area contributed by atoms with E-state index < -0.39 is 5.60 Å². The van der Waals surface area contributed by atoms with E-state index in [9.17, 15) is 5.11 Å². The van der Waals surface area contributed by atoms with Crippen LogP contribution in [-0.2, 0) is 0 Å². The molecule has 2 N–H and O–H groups in total. The van der Waals surface area contributed by atoms with Crippen molar-refractivity contribution in [3.05, 3.63) is 34.9 Å². The van der Waals surface area contributed by atoms with Gasteiger partial charge in [-0.3, -0.25) is 0 Å².